The van der Waals surface area contributed by atoms with Gasteiger partial charge in [0.1, 0.15) is 0 Å². The van der Waals surface area contributed by atoms with Gasteiger partial charge in [-0.2, -0.15) is 13.2 Å². The number of amides is 1. The maximum Gasteiger partial charge on any atom is 0.418 e. The van der Waals surface area contributed by atoms with Crippen LogP contribution in [0.2, 0.25) is 5.02 Å². The van der Waals surface area contributed by atoms with Crippen LogP contribution in [0.3, 0.4) is 0 Å². The highest BCUT2D eigenvalue weighted by atomic mass is 35.5. The van der Waals surface area contributed by atoms with Crippen LogP contribution in [0.25, 0.3) is 10.9 Å². The molecule has 0 saturated carbocycles. The van der Waals surface area contributed by atoms with Crippen molar-refractivity contribution >= 4 is 34.1 Å². The first-order chi connectivity index (χ1) is 16.7. The number of aliphatic hydroxyl groups is 1. The van der Waals surface area contributed by atoms with Crippen LogP contribution in [-0.4, -0.2) is 77.2 Å². The highest BCUT2D eigenvalue weighted by molar-refractivity contribution is 6.30. The number of piperazine rings is 1. The molecule has 1 N–H and O–H groups in total. The van der Waals surface area contributed by atoms with Gasteiger partial charge in [0.15, 0.2) is 0 Å². The molecular weight excluding hydrogens is 481 g/mol. The Bertz CT molecular complexity index is 1230. The molecule has 5 rings (SSSR count). The fourth-order valence-corrected chi connectivity index (χ4v) is 5.15. The maximum atomic E-state index is 13.5. The summed E-state index contributed by atoms with van der Waals surface area (Å²) in [6.45, 7) is 3.04. The number of aromatic nitrogens is 1. The third kappa shape index (κ3) is 4.68. The molecule has 0 radical (unpaired) electrons. The number of benzene rings is 2. The summed E-state index contributed by atoms with van der Waals surface area (Å²) in [7, 11) is 0. The predicted molar refractivity (Wildman–Crippen MR) is 128 cm³/mol. The lowest BCUT2D eigenvalue weighted by molar-refractivity contribution is -0.136. The number of carbonyl (C=O) groups is 1. The number of alkyl halides is 3. The monoisotopic (exact) mass is 504 g/mol. The zero-order chi connectivity index (χ0) is 24.7. The molecule has 2 aromatic carbocycles. The average molecular weight is 505 g/mol. The standard InChI is InChI=1S/C25H24ClF3N4O2/c26-17-6-4-16(5-7-17)24(35)32-12-10-31(11-13-32)21-14-33(15-22(21)34)20-8-9-30-23-18(20)2-1-3-19(23)25(27,28)29/h1-9,21-22,34H,10-15H2/t21?,22-/m1/s1. The third-order valence-electron chi connectivity index (χ3n) is 6.81. The largest absolute Gasteiger partial charge is 0.418 e. The molecule has 184 valence electrons. The first-order valence-corrected chi connectivity index (χ1v) is 11.8. The van der Waals surface area contributed by atoms with E-state index in [2.05, 4.69) is 9.88 Å². The summed E-state index contributed by atoms with van der Waals surface area (Å²) in [5, 5.41) is 11.8. The number of halogens is 4. The Morgan fingerprint density at radius 3 is 2.40 bits per heavy atom. The molecule has 2 aliphatic rings. The number of hydrogen-bond acceptors (Lipinski definition) is 5. The summed E-state index contributed by atoms with van der Waals surface area (Å²) in [4.78, 5) is 22.6. The molecule has 0 aliphatic carbocycles. The van der Waals surface area contributed by atoms with Crippen molar-refractivity contribution in [2.75, 3.05) is 44.2 Å². The first-order valence-electron chi connectivity index (χ1n) is 11.4. The van der Waals surface area contributed by atoms with Crippen LogP contribution in [0.5, 0.6) is 0 Å². The normalized spacial score (nSPS) is 21.6. The van der Waals surface area contributed by atoms with Crippen molar-refractivity contribution in [2.24, 2.45) is 0 Å². The Hall–Kier alpha value is -2.88. The quantitative estimate of drug-likeness (QED) is 0.586. The minimum atomic E-state index is -4.50. The van der Waals surface area contributed by atoms with Crippen molar-refractivity contribution in [3.63, 3.8) is 0 Å². The summed E-state index contributed by atoms with van der Waals surface area (Å²) in [6.07, 6.45) is -3.78. The highest BCUT2D eigenvalue weighted by Crippen LogP contribution is 2.37. The molecule has 2 fully saturated rings. The van der Waals surface area contributed by atoms with E-state index in [0.29, 0.717) is 60.9 Å². The second kappa shape index (κ2) is 9.29. The van der Waals surface area contributed by atoms with Crippen LogP contribution < -0.4 is 4.90 Å². The van der Waals surface area contributed by atoms with E-state index < -0.39 is 17.8 Å². The minimum Gasteiger partial charge on any atom is -0.390 e. The summed E-state index contributed by atoms with van der Waals surface area (Å²) in [5.41, 5.74) is 0.344. The number of hydrogen-bond donors (Lipinski definition) is 1. The topological polar surface area (TPSA) is 59.9 Å². The SMILES string of the molecule is O=C(c1ccc(Cl)cc1)N1CCN(C2CN(c3ccnc4c(C(F)(F)F)cccc34)C[C@H]2O)CC1. The number of fused-ring (bicyclic) bond motifs is 1. The van der Waals surface area contributed by atoms with Crippen molar-refractivity contribution in [1.82, 2.24) is 14.8 Å². The third-order valence-corrected chi connectivity index (χ3v) is 7.07. The van der Waals surface area contributed by atoms with Gasteiger partial charge in [-0.25, -0.2) is 0 Å². The lowest BCUT2D eigenvalue weighted by Gasteiger charge is -2.38. The molecule has 3 heterocycles. The number of para-hydroxylation sites is 1. The van der Waals surface area contributed by atoms with Gasteiger partial charge in [0, 0.05) is 67.1 Å². The number of anilines is 1. The number of nitrogens with zero attached hydrogens (tertiary/aromatic N) is 4. The van der Waals surface area contributed by atoms with E-state index in [1.165, 1.54) is 12.3 Å². The van der Waals surface area contributed by atoms with E-state index in [0.717, 1.165) is 6.07 Å². The van der Waals surface area contributed by atoms with Gasteiger partial charge in [0.05, 0.1) is 23.2 Å². The van der Waals surface area contributed by atoms with Crippen molar-refractivity contribution in [3.8, 4) is 0 Å². The van der Waals surface area contributed by atoms with E-state index in [1.54, 1.807) is 41.3 Å². The summed E-state index contributed by atoms with van der Waals surface area (Å²) in [6, 6.07) is 12.4. The Kier molecular flexibility index (Phi) is 6.33. The van der Waals surface area contributed by atoms with Crippen LogP contribution >= 0.6 is 11.6 Å². The van der Waals surface area contributed by atoms with E-state index in [1.807, 2.05) is 4.90 Å². The summed E-state index contributed by atoms with van der Waals surface area (Å²) >= 11 is 5.91. The van der Waals surface area contributed by atoms with Crippen LogP contribution in [0.1, 0.15) is 15.9 Å². The molecule has 10 heteroatoms. The van der Waals surface area contributed by atoms with Crippen LogP contribution in [0, 0.1) is 0 Å². The first kappa shape index (κ1) is 23.8. The van der Waals surface area contributed by atoms with Gasteiger partial charge in [-0.3, -0.25) is 14.7 Å². The second-order valence-electron chi connectivity index (χ2n) is 8.90. The smallest absolute Gasteiger partial charge is 0.390 e. The van der Waals surface area contributed by atoms with Crippen molar-refractivity contribution in [3.05, 3.63) is 70.9 Å². The molecule has 6 nitrogen and oxygen atoms in total. The van der Waals surface area contributed by atoms with E-state index in [9.17, 15) is 23.1 Å². The molecule has 1 unspecified atom stereocenters. The average Bonchev–Trinajstić information content (AvgIpc) is 3.24. The Morgan fingerprint density at radius 2 is 1.71 bits per heavy atom. The number of carbonyl (C=O) groups excluding carboxylic acids is 1. The number of aliphatic hydroxyl groups excluding tert-OH is 1. The molecule has 3 aromatic rings. The second-order valence-corrected chi connectivity index (χ2v) is 9.34. The molecular formula is C25H24ClF3N4O2. The Balaban J connectivity index is 1.29. The minimum absolute atomic E-state index is 0.0568. The number of rotatable bonds is 3. The fourth-order valence-electron chi connectivity index (χ4n) is 5.02. The maximum absolute atomic E-state index is 13.5. The molecule has 2 atom stereocenters. The van der Waals surface area contributed by atoms with Gasteiger partial charge in [0.2, 0.25) is 0 Å². The molecule has 2 saturated heterocycles. The van der Waals surface area contributed by atoms with Crippen molar-refractivity contribution < 1.29 is 23.1 Å². The van der Waals surface area contributed by atoms with Gasteiger partial charge < -0.3 is 14.9 Å². The molecule has 0 spiro atoms. The van der Waals surface area contributed by atoms with Gasteiger partial charge >= 0.3 is 6.18 Å². The zero-order valence-electron chi connectivity index (χ0n) is 18.7. The molecule has 2 aliphatic heterocycles. The van der Waals surface area contributed by atoms with Gasteiger partial charge in [-0.05, 0) is 36.4 Å². The lowest BCUT2D eigenvalue weighted by atomic mass is 10.1. The van der Waals surface area contributed by atoms with Crippen molar-refractivity contribution in [2.45, 2.75) is 18.3 Å². The number of β-amino-alcohol motifs (C(OH)–C–C–N with tert-alkyl or cyclic N) is 1. The van der Waals surface area contributed by atoms with E-state index >= 15 is 0 Å². The zero-order valence-corrected chi connectivity index (χ0v) is 19.5. The Labute approximate surface area is 205 Å². The Morgan fingerprint density at radius 1 is 1.00 bits per heavy atom. The van der Waals surface area contributed by atoms with Crippen LogP contribution in [0.15, 0.2) is 54.7 Å². The highest BCUT2D eigenvalue weighted by Gasteiger charge is 2.39. The van der Waals surface area contributed by atoms with Gasteiger partial charge in [0.25, 0.3) is 5.91 Å². The van der Waals surface area contributed by atoms with E-state index in [4.69, 9.17) is 11.6 Å². The molecule has 0 bridgehead atoms. The van der Waals surface area contributed by atoms with Gasteiger partial charge in [-0.15, -0.1) is 0 Å². The fraction of sp³-hybridized carbons (Fsp3) is 0.360. The summed E-state index contributed by atoms with van der Waals surface area (Å²) in [5.74, 6) is -0.0568. The predicted octanol–water partition coefficient (Wildman–Crippen LogP) is 3.91. The van der Waals surface area contributed by atoms with Crippen LogP contribution in [0.4, 0.5) is 18.9 Å². The molecule has 35 heavy (non-hydrogen) atoms. The van der Waals surface area contributed by atoms with Crippen LogP contribution in [-0.2, 0) is 6.18 Å². The summed E-state index contributed by atoms with van der Waals surface area (Å²) < 4.78 is 40.4. The molecule has 1 amide bonds. The van der Waals surface area contributed by atoms with Gasteiger partial charge in [-0.1, -0.05) is 23.7 Å². The van der Waals surface area contributed by atoms with E-state index in [-0.39, 0.29) is 17.5 Å². The lowest BCUT2D eigenvalue weighted by Crippen LogP contribution is -2.54. The number of pyridine rings is 1. The van der Waals surface area contributed by atoms with Crippen molar-refractivity contribution in [1.29, 1.82) is 0 Å². The molecule has 1 aromatic heterocycles.